The Morgan fingerprint density at radius 1 is 1.31 bits per heavy atom. The van der Waals surface area contributed by atoms with Crippen LogP contribution in [0.4, 0.5) is 0 Å². The maximum Gasteiger partial charge on any atom is 0.302 e. The first-order valence-corrected chi connectivity index (χ1v) is 13.1. The Balaban J connectivity index is 1.97. The average Bonchev–Trinajstić information content (AvgIpc) is 3.07. The Morgan fingerprint density at radius 3 is 2.66 bits per heavy atom. The van der Waals surface area contributed by atoms with Gasteiger partial charge in [-0.05, 0) is 55.7 Å². The van der Waals surface area contributed by atoms with Gasteiger partial charge in [0.15, 0.2) is 0 Å². The van der Waals surface area contributed by atoms with E-state index in [4.69, 9.17) is 14.5 Å². The third kappa shape index (κ3) is 5.32. The fourth-order valence-corrected chi connectivity index (χ4v) is 5.26. The first-order chi connectivity index (χ1) is 16.6. The normalized spacial score (nSPS) is 15.3. The van der Waals surface area contributed by atoms with Crippen molar-refractivity contribution >= 4 is 32.8 Å². The molecule has 1 saturated heterocycles. The van der Waals surface area contributed by atoms with Gasteiger partial charge in [-0.25, -0.2) is 0 Å². The molecule has 4 rings (SSSR count). The molecule has 188 valence electrons. The van der Waals surface area contributed by atoms with Crippen LogP contribution in [-0.4, -0.2) is 42.3 Å². The van der Waals surface area contributed by atoms with Crippen LogP contribution < -0.4 is 5.32 Å². The minimum Gasteiger partial charge on any atom is -0.465 e. The molecule has 7 heteroatoms. The van der Waals surface area contributed by atoms with Crippen molar-refractivity contribution in [2.75, 3.05) is 26.8 Å². The van der Waals surface area contributed by atoms with E-state index in [-0.39, 0.29) is 17.5 Å². The number of fused-ring (bicyclic) bond motifs is 1. The standard InChI is InChI=1S/C28H36BrN3O3/c1-7-32-25-9-8-21(29)11-22(25)24(12-28(4,5)16-35-18(3)33)27(32)23-10-19(20-13-30-14-20)15-31-26(23)17(2)34-6/h8-11,15,17,20,30H,7,12-14,16H2,1-6H3/t17-/m0/s1. The lowest BCUT2D eigenvalue weighted by Gasteiger charge is -2.29. The third-order valence-corrected chi connectivity index (χ3v) is 7.45. The number of rotatable bonds is 9. The van der Waals surface area contributed by atoms with Crippen molar-refractivity contribution in [3.05, 3.63) is 51.8 Å². The summed E-state index contributed by atoms with van der Waals surface area (Å²) in [4.78, 5) is 16.5. The molecule has 1 aliphatic heterocycles. The number of ether oxygens (including phenoxy) is 2. The van der Waals surface area contributed by atoms with Crippen molar-refractivity contribution in [2.45, 2.75) is 59.6 Å². The summed E-state index contributed by atoms with van der Waals surface area (Å²) < 4.78 is 14.7. The lowest BCUT2D eigenvalue weighted by Crippen LogP contribution is -2.40. The zero-order chi connectivity index (χ0) is 25.3. The number of nitrogens with zero attached hydrogens (tertiary/aromatic N) is 2. The highest BCUT2D eigenvalue weighted by Gasteiger charge is 2.30. The van der Waals surface area contributed by atoms with E-state index in [0.717, 1.165) is 41.8 Å². The number of halogens is 1. The zero-order valence-corrected chi connectivity index (χ0v) is 23.2. The second-order valence-electron chi connectivity index (χ2n) is 10.3. The number of methoxy groups -OCH3 is 1. The first kappa shape index (κ1) is 25.9. The van der Waals surface area contributed by atoms with Crippen molar-refractivity contribution < 1.29 is 14.3 Å². The van der Waals surface area contributed by atoms with E-state index in [1.165, 1.54) is 34.6 Å². The molecule has 3 heterocycles. The summed E-state index contributed by atoms with van der Waals surface area (Å²) in [5, 5.41) is 4.59. The molecule has 0 bridgehead atoms. The summed E-state index contributed by atoms with van der Waals surface area (Å²) in [7, 11) is 1.73. The Morgan fingerprint density at radius 2 is 2.06 bits per heavy atom. The number of aromatic nitrogens is 2. The van der Waals surface area contributed by atoms with Gasteiger partial charge >= 0.3 is 5.97 Å². The smallest absolute Gasteiger partial charge is 0.302 e. The molecule has 6 nitrogen and oxygen atoms in total. The van der Waals surface area contributed by atoms with Gasteiger partial charge in [0.05, 0.1) is 24.1 Å². The molecule has 0 unspecified atom stereocenters. The van der Waals surface area contributed by atoms with E-state index in [0.29, 0.717) is 12.5 Å². The van der Waals surface area contributed by atoms with Crippen LogP contribution >= 0.6 is 15.9 Å². The van der Waals surface area contributed by atoms with Gasteiger partial charge in [-0.1, -0.05) is 29.8 Å². The maximum atomic E-state index is 11.6. The van der Waals surface area contributed by atoms with Crippen LogP contribution in [0.2, 0.25) is 0 Å². The number of pyridine rings is 1. The highest BCUT2D eigenvalue weighted by Crippen LogP contribution is 2.42. The van der Waals surface area contributed by atoms with Crippen LogP contribution in [0.3, 0.4) is 0 Å². The highest BCUT2D eigenvalue weighted by molar-refractivity contribution is 9.10. The summed E-state index contributed by atoms with van der Waals surface area (Å²) >= 11 is 3.69. The van der Waals surface area contributed by atoms with Gasteiger partial charge in [0.1, 0.15) is 0 Å². The monoisotopic (exact) mass is 541 g/mol. The van der Waals surface area contributed by atoms with Gasteiger partial charge in [-0.15, -0.1) is 0 Å². The fourth-order valence-electron chi connectivity index (χ4n) is 4.90. The second-order valence-corrected chi connectivity index (χ2v) is 11.2. The van der Waals surface area contributed by atoms with Crippen molar-refractivity contribution in [1.29, 1.82) is 0 Å². The van der Waals surface area contributed by atoms with Crippen molar-refractivity contribution in [1.82, 2.24) is 14.9 Å². The van der Waals surface area contributed by atoms with Gasteiger partial charge in [0, 0.05) is 72.1 Å². The molecule has 35 heavy (non-hydrogen) atoms. The minimum atomic E-state index is -0.251. The lowest BCUT2D eigenvalue weighted by molar-refractivity contribution is -0.143. The molecule has 3 aromatic rings. The number of aryl methyl sites for hydroxylation is 1. The Hall–Kier alpha value is -2.22. The van der Waals surface area contributed by atoms with E-state index in [1.54, 1.807) is 7.11 Å². The number of benzene rings is 1. The molecule has 1 N–H and O–H groups in total. The minimum absolute atomic E-state index is 0.143. The van der Waals surface area contributed by atoms with Crippen LogP contribution in [0, 0.1) is 5.41 Å². The first-order valence-electron chi connectivity index (χ1n) is 12.3. The zero-order valence-electron chi connectivity index (χ0n) is 21.6. The molecule has 0 saturated carbocycles. The summed E-state index contributed by atoms with van der Waals surface area (Å²) in [6, 6.07) is 8.80. The predicted molar refractivity (Wildman–Crippen MR) is 144 cm³/mol. The molecule has 1 aliphatic rings. The summed E-state index contributed by atoms with van der Waals surface area (Å²) in [5.41, 5.74) is 6.69. The molecule has 0 spiro atoms. The van der Waals surface area contributed by atoms with Crippen LogP contribution in [0.1, 0.15) is 63.5 Å². The van der Waals surface area contributed by atoms with Crippen molar-refractivity contribution in [3.8, 4) is 11.3 Å². The number of nitrogens with one attached hydrogen (secondary N) is 1. The van der Waals surface area contributed by atoms with Gasteiger partial charge in [0.2, 0.25) is 0 Å². The Kier molecular flexibility index (Phi) is 7.69. The molecule has 0 radical (unpaired) electrons. The maximum absolute atomic E-state index is 11.6. The molecular weight excluding hydrogens is 506 g/mol. The fraction of sp³-hybridized carbons (Fsp3) is 0.500. The predicted octanol–water partition coefficient (Wildman–Crippen LogP) is 6.01. The number of carbonyl (C=O) groups excluding carboxylic acids is 1. The summed E-state index contributed by atoms with van der Waals surface area (Å²) in [5.74, 6) is 0.227. The van der Waals surface area contributed by atoms with Gasteiger partial charge in [0.25, 0.3) is 0 Å². The third-order valence-electron chi connectivity index (χ3n) is 6.95. The molecule has 1 aromatic carbocycles. The van der Waals surface area contributed by atoms with E-state index in [1.807, 2.05) is 6.20 Å². The van der Waals surface area contributed by atoms with Crippen molar-refractivity contribution in [2.24, 2.45) is 5.41 Å². The number of hydrogen-bond acceptors (Lipinski definition) is 5. The molecule has 0 amide bonds. The van der Waals surface area contributed by atoms with Gasteiger partial charge < -0.3 is 19.4 Å². The van der Waals surface area contributed by atoms with E-state index in [2.05, 4.69) is 77.8 Å². The van der Waals surface area contributed by atoms with E-state index >= 15 is 0 Å². The van der Waals surface area contributed by atoms with Crippen molar-refractivity contribution in [3.63, 3.8) is 0 Å². The molecule has 2 aromatic heterocycles. The van der Waals surface area contributed by atoms with Gasteiger partial charge in [-0.3, -0.25) is 9.78 Å². The van der Waals surface area contributed by atoms with Gasteiger partial charge in [-0.2, -0.15) is 0 Å². The quantitative estimate of drug-likeness (QED) is 0.336. The topological polar surface area (TPSA) is 65.4 Å². The highest BCUT2D eigenvalue weighted by atomic mass is 79.9. The lowest BCUT2D eigenvalue weighted by atomic mass is 9.84. The molecular formula is C28H36BrN3O3. The Labute approximate surface area is 216 Å². The van der Waals surface area contributed by atoms with Crippen LogP contribution in [0.5, 0.6) is 0 Å². The average molecular weight is 543 g/mol. The summed E-state index contributed by atoms with van der Waals surface area (Å²) in [6.07, 6.45) is 2.63. The van der Waals surface area contributed by atoms with Crippen LogP contribution in [-0.2, 0) is 27.2 Å². The largest absolute Gasteiger partial charge is 0.465 e. The van der Waals surface area contributed by atoms with Crippen LogP contribution in [0.25, 0.3) is 22.2 Å². The molecule has 1 fully saturated rings. The number of carbonyl (C=O) groups is 1. The molecule has 0 aliphatic carbocycles. The second kappa shape index (κ2) is 10.4. The number of esters is 1. The molecule has 1 atom stereocenters. The Bertz CT molecular complexity index is 1230. The van der Waals surface area contributed by atoms with E-state index in [9.17, 15) is 4.79 Å². The number of hydrogen-bond donors (Lipinski definition) is 1. The van der Waals surface area contributed by atoms with E-state index < -0.39 is 0 Å². The summed E-state index contributed by atoms with van der Waals surface area (Å²) in [6.45, 7) is 13.2. The van der Waals surface area contributed by atoms with Crippen LogP contribution in [0.15, 0.2) is 34.9 Å². The SMILES string of the molecule is CCn1c(-c2cc(C3CNC3)cnc2[C@H](C)OC)c(CC(C)(C)COC(C)=O)c2cc(Br)ccc21.